The number of hydrogen-bond donors (Lipinski definition) is 2. The molecule has 0 radical (unpaired) electrons. The molecule has 1 heterocycles. The number of nitrogens with two attached hydrogens (primary N) is 1. The fourth-order valence-electron chi connectivity index (χ4n) is 1.54. The number of methoxy groups -OCH3 is 1. The second-order valence-corrected chi connectivity index (χ2v) is 3.04. The van der Waals surface area contributed by atoms with Crippen molar-refractivity contribution in [2.75, 3.05) is 20.3 Å². The van der Waals surface area contributed by atoms with Crippen molar-refractivity contribution in [3.05, 3.63) is 0 Å². The number of ether oxygens (including phenoxy) is 1. The SMILES string of the molecule is COCC1CC(N)CN1C(=O)O. The fraction of sp³-hybridized carbons (Fsp3) is 0.857. The summed E-state index contributed by atoms with van der Waals surface area (Å²) in [6.45, 7) is 0.851. The van der Waals surface area contributed by atoms with Crippen LogP contribution in [-0.2, 0) is 4.74 Å². The molecule has 0 spiro atoms. The second-order valence-electron chi connectivity index (χ2n) is 3.04. The summed E-state index contributed by atoms with van der Waals surface area (Å²) >= 11 is 0. The minimum Gasteiger partial charge on any atom is -0.465 e. The Balaban J connectivity index is 2.53. The maximum atomic E-state index is 10.6. The molecule has 0 aliphatic carbocycles. The van der Waals surface area contributed by atoms with Gasteiger partial charge in [0.1, 0.15) is 0 Å². The van der Waals surface area contributed by atoms with Gasteiger partial charge in [0.15, 0.2) is 0 Å². The van der Waals surface area contributed by atoms with Gasteiger partial charge in [0.05, 0.1) is 12.6 Å². The van der Waals surface area contributed by atoms with Crippen LogP contribution in [-0.4, -0.2) is 48.4 Å². The zero-order valence-corrected chi connectivity index (χ0v) is 7.06. The minimum absolute atomic E-state index is 0.0405. The third-order valence-electron chi connectivity index (χ3n) is 2.05. The highest BCUT2D eigenvalue weighted by molar-refractivity contribution is 5.66. The van der Waals surface area contributed by atoms with Crippen molar-refractivity contribution < 1.29 is 14.6 Å². The Hall–Kier alpha value is -0.810. The van der Waals surface area contributed by atoms with Crippen LogP contribution in [0, 0.1) is 0 Å². The van der Waals surface area contributed by atoms with Crippen molar-refractivity contribution in [2.45, 2.75) is 18.5 Å². The molecule has 2 unspecified atom stereocenters. The number of nitrogens with zero attached hydrogens (tertiary/aromatic N) is 1. The van der Waals surface area contributed by atoms with Gasteiger partial charge >= 0.3 is 6.09 Å². The first-order chi connectivity index (χ1) is 5.65. The average molecular weight is 174 g/mol. The van der Waals surface area contributed by atoms with Crippen molar-refractivity contribution >= 4 is 6.09 Å². The number of rotatable bonds is 2. The molecule has 0 saturated carbocycles. The normalized spacial score (nSPS) is 29.3. The van der Waals surface area contributed by atoms with E-state index in [9.17, 15) is 4.79 Å². The number of hydrogen-bond acceptors (Lipinski definition) is 3. The predicted octanol–water partition coefficient (Wildman–Crippen LogP) is -0.288. The highest BCUT2D eigenvalue weighted by atomic mass is 16.5. The van der Waals surface area contributed by atoms with Gasteiger partial charge in [-0.05, 0) is 6.42 Å². The average Bonchev–Trinajstić information content (AvgIpc) is 2.32. The summed E-state index contributed by atoms with van der Waals surface area (Å²) in [6, 6.07) is -0.108. The zero-order chi connectivity index (χ0) is 9.14. The summed E-state index contributed by atoms with van der Waals surface area (Å²) in [5.74, 6) is 0. The molecular formula is C7H14N2O3. The molecule has 1 aliphatic rings. The van der Waals surface area contributed by atoms with Gasteiger partial charge < -0.3 is 20.5 Å². The fourth-order valence-corrected chi connectivity index (χ4v) is 1.54. The molecule has 1 rings (SSSR count). The Morgan fingerprint density at radius 2 is 2.50 bits per heavy atom. The van der Waals surface area contributed by atoms with Gasteiger partial charge in [-0.2, -0.15) is 0 Å². The van der Waals surface area contributed by atoms with Crippen LogP contribution in [0.1, 0.15) is 6.42 Å². The zero-order valence-electron chi connectivity index (χ0n) is 7.06. The lowest BCUT2D eigenvalue weighted by atomic mass is 10.2. The van der Waals surface area contributed by atoms with Crippen LogP contribution in [0.5, 0.6) is 0 Å². The molecule has 0 aromatic rings. The standard InChI is InChI=1S/C7H14N2O3/c1-12-4-6-2-5(8)3-9(6)7(10)11/h5-6H,2-4,8H2,1H3,(H,10,11). The third-order valence-corrected chi connectivity index (χ3v) is 2.05. The topological polar surface area (TPSA) is 75.8 Å². The summed E-state index contributed by atoms with van der Waals surface area (Å²) in [5, 5.41) is 8.74. The lowest BCUT2D eigenvalue weighted by molar-refractivity contribution is 0.0990. The summed E-state index contributed by atoms with van der Waals surface area (Å²) < 4.78 is 4.89. The van der Waals surface area contributed by atoms with Crippen LogP contribution < -0.4 is 5.73 Å². The van der Waals surface area contributed by atoms with Gasteiger partial charge in [-0.25, -0.2) is 4.79 Å². The molecule has 5 nitrogen and oxygen atoms in total. The highest BCUT2D eigenvalue weighted by Crippen LogP contribution is 2.16. The van der Waals surface area contributed by atoms with Gasteiger partial charge in [-0.1, -0.05) is 0 Å². The maximum Gasteiger partial charge on any atom is 0.407 e. The van der Waals surface area contributed by atoms with E-state index in [0.717, 1.165) is 0 Å². The van der Waals surface area contributed by atoms with E-state index in [1.807, 2.05) is 0 Å². The van der Waals surface area contributed by atoms with Crippen molar-refractivity contribution in [3.8, 4) is 0 Å². The molecule has 1 aliphatic heterocycles. The van der Waals surface area contributed by atoms with Crippen LogP contribution in [0.25, 0.3) is 0 Å². The number of carbonyl (C=O) groups is 1. The number of amides is 1. The van der Waals surface area contributed by atoms with Gasteiger partial charge in [0.25, 0.3) is 0 Å². The minimum atomic E-state index is -0.912. The molecule has 0 bridgehead atoms. The van der Waals surface area contributed by atoms with E-state index >= 15 is 0 Å². The second kappa shape index (κ2) is 3.73. The highest BCUT2D eigenvalue weighted by Gasteiger charge is 2.32. The first-order valence-corrected chi connectivity index (χ1v) is 3.89. The van der Waals surface area contributed by atoms with E-state index in [4.69, 9.17) is 15.6 Å². The smallest absolute Gasteiger partial charge is 0.407 e. The molecule has 0 aromatic carbocycles. The molecule has 0 aromatic heterocycles. The van der Waals surface area contributed by atoms with Crippen LogP contribution in [0.15, 0.2) is 0 Å². The van der Waals surface area contributed by atoms with Crippen molar-refractivity contribution in [1.82, 2.24) is 4.90 Å². The summed E-state index contributed by atoms with van der Waals surface area (Å²) in [7, 11) is 1.56. The van der Waals surface area contributed by atoms with E-state index in [1.165, 1.54) is 4.90 Å². The van der Waals surface area contributed by atoms with Crippen LogP contribution in [0.3, 0.4) is 0 Å². The Morgan fingerprint density at radius 3 is 3.00 bits per heavy atom. The third kappa shape index (κ3) is 1.86. The molecule has 1 amide bonds. The van der Waals surface area contributed by atoms with Crippen molar-refractivity contribution in [1.29, 1.82) is 0 Å². The Morgan fingerprint density at radius 1 is 1.83 bits per heavy atom. The predicted molar refractivity (Wildman–Crippen MR) is 43.0 cm³/mol. The molecule has 5 heteroatoms. The van der Waals surface area contributed by atoms with Crippen molar-refractivity contribution in [2.24, 2.45) is 5.73 Å². The van der Waals surface area contributed by atoms with Gasteiger partial charge in [0.2, 0.25) is 0 Å². The van der Waals surface area contributed by atoms with E-state index in [2.05, 4.69) is 0 Å². The summed E-state index contributed by atoms with van der Waals surface area (Å²) in [5.41, 5.74) is 5.62. The first kappa shape index (κ1) is 9.28. The molecule has 1 saturated heterocycles. The van der Waals surface area contributed by atoms with Crippen LogP contribution in [0.4, 0.5) is 4.79 Å². The Labute approximate surface area is 71.1 Å². The van der Waals surface area contributed by atoms with Gasteiger partial charge in [-0.3, -0.25) is 0 Å². The van der Waals surface area contributed by atoms with Gasteiger partial charge in [0, 0.05) is 19.7 Å². The molecule has 2 atom stereocenters. The lowest BCUT2D eigenvalue weighted by Gasteiger charge is -2.19. The van der Waals surface area contributed by atoms with Crippen LogP contribution >= 0.6 is 0 Å². The van der Waals surface area contributed by atoms with E-state index in [-0.39, 0.29) is 12.1 Å². The quantitative estimate of drug-likeness (QED) is 0.603. The summed E-state index contributed by atoms with van der Waals surface area (Å²) in [6.07, 6.45) is -0.217. The van der Waals surface area contributed by atoms with E-state index in [1.54, 1.807) is 7.11 Å². The molecule has 70 valence electrons. The van der Waals surface area contributed by atoms with Crippen LogP contribution in [0.2, 0.25) is 0 Å². The molecule has 12 heavy (non-hydrogen) atoms. The summed E-state index contributed by atoms with van der Waals surface area (Å²) in [4.78, 5) is 12.0. The molecular weight excluding hydrogens is 160 g/mol. The number of likely N-dealkylation sites (tertiary alicyclic amines) is 1. The Kier molecular flexibility index (Phi) is 2.88. The monoisotopic (exact) mass is 174 g/mol. The maximum absolute atomic E-state index is 10.6. The number of carboxylic acid groups (broad SMARTS) is 1. The van der Waals surface area contributed by atoms with E-state index in [0.29, 0.717) is 19.6 Å². The Bertz CT molecular complexity index is 174. The molecule has 3 N–H and O–H groups in total. The largest absolute Gasteiger partial charge is 0.465 e. The first-order valence-electron chi connectivity index (χ1n) is 3.89. The van der Waals surface area contributed by atoms with Crippen molar-refractivity contribution in [3.63, 3.8) is 0 Å². The van der Waals surface area contributed by atoms with E-state index < -0.39 is 6.09 Å². The lowest BCUT2D eigenvalue weighted by Crippen LogP contribution is -2.37. The van der Waals surface area contributed by atoms with Gasteiger partial charge in [-0.15, -0.1) is 0 Å². The molecule has 1 fully saturated rings.